The number of carboxylic acids is 1. The molecule has 0 radical (unpaired) electrons. The number of ether oxygens (including phenoxy) is 2. The Morgan fingerprint density at radius 1 is 1.25 bits per heavy atom. The number of aliphatic hydroxyl groups is 5. The topological polar surface area (TPSA) is 174 Å². The normalized spacial score (nSPS) is 30.6. The third-order valence-corrected chi connectivity index (χ3v) is 2.80. The molecule has 0 bridgehead atoms. The fourth-order valence-corrected chi connectivity index (χ4v) is 1.64. The number of carbonyl (C=O) groups is 2. The first-order valence-electron chi connectivity index (χ1n) is 5.67. The van der Waals surface area contributed by atoms with Crippen LogP contribution in [0.25, 0.3) is 0 Å². The molecule has 10 nitrogen and oxygen atoms in total. The average Bonchev–Trinajstić information content (AvgIpc) is 2.74. The summed E-state index contributed by atoms with van der Waals surface area (Å²) in [5.74, 6) is -3.33. The Morgan fingerprint density at radius 3 is 2.25 bits per heavy atom. The maximum atomic E-state index is 11.4. The highest BCUT2D eigenvalue weighted by Crippen LogP contribution is 2.20. The average molecular weight is 296 g/mol. The predicted octanol–water partition coefficient (Wildman–Crippen LogP) is -4.18. The lowest BCUT2D eigenvalue weighted by Crippen LogP contribution is -2.47. The molecular formula is C10H16O10. The minimum atomic E-state index is -2.39. The summed E-state index contributed by atoms with van der Waals surface area (Å²) in [6, 6.07) is 0. The number of aliphatic hydroxyl groups excluding tert-OH is 5. The molecule has 1 aliphatic heterocycles. The van der Waals surface area contributed by atoms with Crippen LogP contribution in [0.5, 0.6) is 0 Å². The summed E-state index contributed by atoms with van der Waals surface area (Å²) >= 11 is 0. The van der Waals surface area contributed by atoms with Crippen molar-refractivity contribution in [2.24, 2.45) is 0 Å². The van der Waals surface area contributed by atoms with Crippen molar-refractivity contribution in [3.05, 3.63) is 0 Å². The van der Waals surface area contributed by atoms with Crippen molar-refractivity contribution in [1.29, 1.82) is 0 Å². The molecule has 0 aliphatic carbocycles. The highest BCUT2D eigenvalue weighted by molar-refractivity contribution is 5.84. The standard InChI is InChI=1S/C10H16O10/c11-1-4(8-5(13)3(12)2-19-8)20-10(18)7(15)6(14)9(16)17/h3-8,11-15H,1-2H2,(H,16,17)/t3-,4+,5+,6?,7?,8+/m0/s1. The van der Waals surface area contributed by atoms with E-state index in [2.05, 4.69) is 4.74 Å². The molecule has 0 aromatic carbocycles. The number of hydrogen-bond acceptors (Lipinski definition) is 9. The van der Waals surface area contributed by atoms with E-state index in [-0.39, 0.29) is 6.61 Å². The first kappa shape index (κ1) is 16.8. The molecule has 1 fully saturated rings. The molecule has 116 valence electrons. The van der Waals surface area contributed by atoms with Gasteiger partial charge in [0.1, 0.15) is 18.3 Å². The second-order valence-electron chi connectivity index (χ2n) is 4.24. The molecule has 1 heterocycles. The third kappa shape index (κ3) is 3.62. The molecule has 0 aromatic heterocycles. The molecule has 10 heteroatoms. The van der Waals surface area contributed by atoms with E-state index in [1.807, 2.05) is 0 Å². The zero-order valence-corrected chi connectivity index (χ0v) is 10.2. The molecule has 0 amide bonds. The van der Waals surface area contributed by atoms with Crippen LogP contribution in [-0.4, -0.2) is 92.4 Å². The van der Waals surface area contributed by atoms with Crippen molar-refractivity contribution in [2.45, 2.75) is 36.6 Å². The highest BCUT2D eigenvalue weighted by atomic mass is 16.6. The van der Waals surface area contributed by atoms with Crippen molar-refractivity contribution >= 4 is 11.9 Å². The van der Waals surface area contributed by atoms with E-state index in [0.29, 0.717) is 0 Å². The molecule has 20 heavy (non-hydrogen) atoms. The van der Waals surface area contributed by atoms with E-state index in [4.69, 9.17) is 20.1 Å². The van der Waals surface area contributed by atoms with Gasteiger partial charge < -0.3 is 40.1 Å². The smallest absolute Gasteiger partial charge is 0.338 e. The molecular weight excluding hydrogens is 280 g/mol. The minimum Gasteiger partial charge on any atom is -0.479 e. The third-order valence-electron chi connectivity index (χ3n) is 2.80. The minimum absolute atomic E-state index is 0.236. The number of esters is 1. The quantitative estimate of drug-likeness (QED) is 0.264. The van der Waals surface area contributed by atoms with E-state index in [1.54, 1.807) is 0 Å². The fourth-order valence-electron chi connectivity index (χ4n) is 1.64. The first-order valence-corrected chi connectivity index (χ1v) is 5.67. The Hall–Kier alpha value is -1.30. The van der Waals surface area contributed by atoms with Crippen LogP contribution >= 0.6 is 0 Å². The zero-order valence-electron chi connectivity index (χ0n) is 10.2. The van der Waals surface area contributed by atoms with Crippen LogP contribution in [0.2, 0.25) is 0 Å². The molecule has 1 rings (SSSR count). The maximum Gasteiger partial charge on any atom is 0.338 e. The number of rotatable bonds is 6. The summed E-state index contributed by atoms with van der Waals surface area (Å²) in [4.78, 5) is 21.8. The van der Waals surface area contributed by atoms with Gasteiger partial charge in [0, 0.05) is 0 Å². The van der Waals surface area contributed by atoms with Gasteiger partial charge in [0.05, 0.1) is 13.2 Å². The van der Waals surface area contributed by atoms with Crippen LogP contribution in [0.1, 0.15) is 0 Å². The van der Waals surface area contributed by atoms with Gasteiger partial charge in [-0.05, 0) is 0 Å². The van der Waals surface area contributed by atoms with Gasteiger partial charge in [-0.3, -0.25) is 0 Å². The Balaban J connectivity index is 2.64. The lowest BCUT2D eigenvalue weighted by molar-refractivity contribution is -0.182. The number of carboxylic acid groups (broad SMARTS) is 1. The maximum absolute atomic E-state index is 11.4. The van der Waals surface area contributed by atoms with Crippen LogP contribution in [0, 0.1) is 0 Å². The summed E-state index contributed by atoms with van der Waals surface area (Å²) in [5.41, 5.74) is 0. The van der Waals surface area contributed by atoms with Crippen LogP contribution < -0.4 is 0 Å². The molecule has 0 spiro atoms. The SMILES string of the molecule is O=C(O)C(O)C(O)C(=O)O[C@H](CO)[C@H]1OC[C@H](O)[C@H]1O. The van der Waals surface area contributed by atoms with Gasteiger partial charge in [0.15, 0.2) is 18.3 Å². The van der Waals surface area contributed by atoms with Crippen LogP contribution in [-0.2, 0) is 19.1 Å². The molecule has 1 saturated heterocycles. The van der Waals surface area contributed by atoms with Gasteiger partial charge >= 0.3 is 11.9 Å². The van der Waals surface area contributed by atoms with Gasteiger partial charge in [-0.1, -0.05) is 0 Å². The van der Waals surface area contributed by atoms with E-state index in [9.17, 15) is 24.9 Å². The fraction of sp³-hybridized carbons (Fsp3) is 0.800. The van der Waals surface area contributed by atoms with E-state index in [1.165, 1.54) is 0 Å². The second-order valence-corrected chi connectivity index (χ2v) is 4.24. The lowest BCUT2D eigenvalue weighted by atomic mass is 10.1. The highest BCUT2D eigenvalue weighted by Gasteiger charge is 2.43. The van der Waals surface area contributed by atoms with Crippen molar-refractivity contribution < 1.29 is 49.7 Å². The Morgan fingerprint density at radius 2 is 1.85 bits per heavy atom. The van der Waals surface area contributed by atoms with Gasteiger partial charge in [0.25, 0.3) is 0 Å². The summed E-state index contributed by atoms with van der Waals surface area (Å²) in [6.45, 7) is -1.03. The molecule has 0 aromatic rings. The summed E-state index contributed by atoms with van der Waals surface area (Å²) in [6.07, 6.45) is -10.0. The Bertz CT molecular complexity index is 358. The van der Waals surface area contributed by atoms with Gasteiger partial charge in [-0.15, -0.1) is 0 Å². The molecule has 1 aliphatic rings. The predicted molar refractivity (Wildman–Crippen MR) is 58.4 cm³/mol. The summed E-state index contributed by atoms with van der Waals surface area (Å²) in [7, 11) is 0. The second kappa shape index (κ2) is 6.92. The van der Waals surface area contributed by atoms with Crippen molar-refractivity contribution in [1.82, 2.24) is 0 Å². The number of aliphatic carboxylic acids is 1. The molecule has 6 atom stereocenters. The molecule has 0 saturated carbocycles. The Kier molecular flexibility index (Phi) is 5.80. The van der Waals surface area contributed by atoms with Crippen molar-refractivity contribution in [3.63, 3.8) is 0 Å². The summed E-state index contributed by atoms with van der Waals surface area (Å²) in [5, 5.41) is 54.5. The van der Waals surface area contributed by atoms with Crippen LogP contribution in [0.3, 0.4) is 0 Å². The molecule has 6 N–H and O–H groups in total. The number of carbonyl (C=O) groups excluding carboxylic acids is 1. The van der Waals surface area contributed by atoms with Gasteiger partial charge in [-0.25, -0.2) is 9.59 Å². The van der Waals surface area contributed by atoms with Gasteiger partial charge in [0.2, 0.25) is 0 Å². The van der Waals surface area contributed by atoms with Crippen LogP contribution in [0.15, 0.2) is 0 Å². The van der Waals surface area contributed by atoms with E-state index >= 15 is 0 Å². The molecule has 2 unspecified atom stereocenters. The van der Waals surface area contributed by atoms with Gasteiger partial charge in [-0.2, -0.15) is 0 Å². The van der Waals surface area contributed by atoms with Crippen LogP contribution in [0.4, 0.5) is 0 Å². The largest absolute Gasteiger partial charge is 0.479 e. The zero-order chi connectivity index (χ0) is 15.4. The number of hydrogen-bond donors (Lipinski definition) is 6. The van der Waals surface area contributed by atoms with Crippen molar-refractivity contribution in [3.8, 4) is 0 Å². The first-order chi connectivity index (χ1) is 9.29. The lowest BCUT2D eigenvalue weighted by Gasteiger charge is -2.25. The van der Waals surface area contributed by atoms with Crippen molar-refractivity contribution in [2.75, 3.05) is 13.2 Å². The summed E-state index contributed by atoms with van der Waals surface area (Å²) < 4.78 is 9.50. The monoisotopic (exact) mass is 296 g/mol. The van der Waals surface area contributed by atoms with E-state index < -0.39 is 55.2 Å². The van der Waals surface area contributed by atoms with E-state index in [0.717, 1.165) is 0 Å². The Labute approximate surface area is 112 Å².